The number of ketones is 1. The molecule has 0 aliphatic carbocycles. The van der Waals surface area contributed by atoms with E-state index in [4.69, 9.17) is 33.5 Å². The molecule has 0 aliphatic rings. The summed E-state index contributed by atoms with van der Waals surface area (Å²) in [5.74, 6) is -3.21. The molecule has 0 fully saturated rings. The summed E-state index contributed by atoms with van der Waals surface area (Å²) in [7, 11) is 0. The fourth-order valence-corrected chi connectivity index (χ4v) is 2.25. The van der Waals surface area contributed by atoms with Gasteiger partial charge in [-0.1, -0.05) is 30.3 Å². The number of esters is 1. The van der Waals surface area contributed by atoms with Crippen molar-refractivity contribution in [2.75, 3.05) is 66.1 Å². The van der Waals surface area contributed by atoms with Gasteiger partial charge >= 0.3 is 11.9 Å². The lowest BCUT2D eigenvalue weighted by atomic mass is 10.2. The van der Waals surface area contributed by atoms with Gasteiger partial charge in [0.15, 0.2) is 0 Å². The third-order valence-electron chi connectivity index (χ3n) is 3.89. The van der Waals surface area contributed by atoms with E-state index < -0.39 is 17.7 Å². The molecule has 32 heavy (non-hydrogen) atoms. The molecule has 0 saturated heterocycles. The van der Waals surface area contributed by atoms with Crippen molar-refractivity contribution in [1.29, 1.82) is 0 Å². The Hall–Kier alpha value is -2.37. The lowest BCUT2D eigenvalue weighted by molar-refractivity contribution is -0.151. The maximum atomic E-state index is 11.3. The SMILES string of the molecule is O=C(CCC(=O)C(=O)O)OCCOCCOCCOCCOCCOCc1ccccc1. The summed E-state index contributed by atoms with van der Waals surface area (Å²) in [5, 5.41) is 8.40. The first kappa shape index (κ1) is 27.7. The van der Waals surface area contributed by atoms with E-state index in [1.54, 1.807) is 0 Å². The van der Waals surface area contributed by atoms with Gasteiger partial charge in [0, 0.05) is 6.42 Å². The first-order chi connectivity index (χ1) is 15.6. The number of ether oxygens (including phenoxy) is 6. The van der Waals surface area contributed by atoms with Crippen LogP contribution < -0.4 is 0 Å². The zero-order valence-corrected chi connectivity index (χ0v) is 18.2. The molecule has 1 N–H and O–H groups in total. The second kappa shape index (κ2) is 19.3. The van der Waals surface area contributed by atoms with Gasteiger partial charge in [0.05, 0.1) is 72.5 Å². The average molecular weight is 456 g/mol. The maximum absolute atomic E-state index is 11.3. The number of Topliss-reactive ketones (excluding diaryl/α,β-unsaturated/α-hetero) is 1. The molecule has 1 aromatic rings. The first-order valence-corrected chi connectivity index (χ1v) is 10.4. The van der Waals surface area contributed by atoms with Gasteiger partial charge in [-0.05, 0) is 5.56 Å². The monoisotopic (exact) mass is 456 g/mol. The van der Waals surface area contributed by atoms with Crippen LogP contribution in [0.4, 0.5) is 0 Å². The Bertz CT molecular complexity index is 635. The van der Waals surface area contributed by atoms with Crippen molar-refractivity contribution in [2.24, 2.45) is 0 Å². The number of carbonyl (C=O) groups excluding carboxylic acids is 2. The molecule has 0 saturated carbocycles. The molecule has 0 aliphatic heterocycles. The molecule has 0 radical (unpaired) electrons. The average Bonchev–Trinajstić information content (AvgIpc) is 2.80. The fraction of sp³-hybridized carbons (Fsp3) is 0.591. The third-order valence-corrected chi connectivity index (χ3v) is 3.89. The van der Waals surface area contributed by atoms with Gasteiger partial charge in [-0.15, -0.1) is 0 Å². The van der Waals surface area contributed by atoms with Crippen LogP contribution in [0.3, 0.4) is 0 Å². The summed E-state index contributed by atoms with van der Waals surface area (Å²) in [6.07, 6.45) is -0.637. The molecule has 0 amide bonds. The number of carboxylic acid groups (broad SMARTS) is 1. The highest BCUT2D eigenvalue weighted by molar-refractivity contribution is 6.32. The van der Waals surface area contributed by atoms with Crippen LogP contribution in [0.15, 0.2) is 30.3 Å². The zero-order valence-electron chi connectivity index (χ0n) is 18.2. The number of carbonyl (C=O) groups is 3. The molecule has 180 valence electrons. The fourth-order valence-electron chi connectivity index (χ4n) is 2.25. The largest absolute Gasteiger partial charge is 0.476 e. The van der Waals surface area contributed by atoms with Gasteiger partial charge in [-0.3, -0.25) is 9.59 Å². The standard InChI is InChI=1S/C22H32O10/c23-20(22(25)26)6-7-21(24)32-17-16-30-13-12-28-9-8-27-10-11-29-14-15-31-18-19-4-2-1-3-5-19/h1-5H,6-18H2,(H,25,26). The van der Waals surface area contributed by atoms with Crippen LogP contribution in [0.1, 0.15) is 18.4 Å². The minimum absolute atomic E-state index is 0.0283. The molecular weight excluding hydrogens is 424 g/mol. The summed E-state index contributed by atoms with van der Waals surface area (Å²) in [6, 6.07) is 9.95. The van der Waals surface area contributed by atoms with Crippen LogP contribution in [-0.4, -0.2) is 88.9 Å². The zero-order chi connectivity index (χ0) is 23.3. The second-order valence-electron chi connectivity index (χ2n) is 6.44. The Kier molecular flexibility index (Phi) is 16.7. The van der Waals surface area contributed by atoms with E-state index in [1.807, 2.05) is 30.3 Å². The van der Waals surface area contributed by atoms with Crippen LogP contribution in [0.5, 0.6) is 0 Å². The van der Waals surface area contributed by atoms with Gasteiger partial charge in [0.2, 0.25) is 5.78 Å². The summed E-state index contributed by atoms with van der Waals surface area (Å²) >= 11 is 0. The van der Waals surface area contributed by atoms with Crippen molar-refractivity contribution in [3.63, 3.8) is 0 Å². The van der Waals surface area contributed by atoms with Crippen LogP contribution >= 0.6 is 0 Å². The molecular formula is C22H32O10. The Labute approximate surface area is 187 Å². The number of hydrogen-bond acceptors (Lipinski definition) is 9. The number of hydrogen-bond donors (Lipinski definition) is 1. The molecule has 0 heterocycles. The molecule has 1 aromatic carbocycles. The highest BCUT2D eigenvalue weighted by Crippen LogP contribution is 2.00. The van der Waals surface area contributed by atoms with E-state index in [9.17, 15) is 14.4 Å². The number of benzene rings is 1. The highest BCUT2D eigenvalue weighted by Gasteiger charge is 2.14. The molecule has 0 aromatic heterocycles. The van der Waals surface area contributed by atoms with E-state index in [0.29, 0.717) is 59.5 Å². The van der Waals surface area contributed by atoms with Gasteiger partial charge < -0.3 is 33.5 Å². The molecule has 10 heteroatoms. The Morgan fingerprint density at radius 3 is 1.59 bits per heavy atom. The van der Waals surface area contributed by atoms with E-state index >= 15 is 0 Å². The Balaban J connectivity index is 1.74. The van der Waals surface area contributed by atoms with Crippen molar-refractivity contribution in [2.45, 2.75) is 19.4 Å². The lowest BCUT2D eigenvalue weighted by Gasteiger charge is -2.08. The van der Waals surface area contributed by atoms with Crippen molar-refractivity contribution < 1.29 is 47.9 Å². The van der Waals surface area contributed by atoms with E-state index in [-0.39, 0.29) is 26.1 Å². The maximum Gasteiger partial charge on any atom is 0.372 e. The molecule has 0 bridgehead atoms. The molecule has 1 rings (SSSR count). The first-order valence-electron chi connectivity index (χ1n) is 10.4. The van der Waals surface area contributed by atoms with Crippen LogP contribution in [0, 0.1) is 0 Å². The predicted octanol–water partition coefficient (Wildman–Crippen LogP) is 1.25. The third kappa shape index (κ3) is 16.3. The number of aliphatic carboxylic acids is 1. The minimum atomic E-state index is -1.56. The Morgan fingerprint density at radius 1 is 0.625 bits per heavy atom. The topological polar surface area (TPSA) is 127 Å². The number of carboxylic acids is 1. The lowest BCUT2D eigenvalue weighted by Crippen LogP contribution is -2.17. The van der Waals surface area contributed by atoms with Crippen LogP contribution in [0.25, 0.3) is 0 Å². The normalized spacial score (nSPS) is 10.8. The number of rotatable bonds is 21. The van der Waals surface area contributed by atoms with E-state index in [1.165, 1.54) is 0 Å². The van der Waals surface area contributed by atoms with E-state index in [0.717, 1.165) is 5.56 Å². The predicted molar refractivity (Wildman–Crippen MR) is 112 cm³/mol. The molecule has 0 unspecified atom stereocenters. The summed E-state index contributed by atoms with van der Waals surface area (Å²) in [6.45, 7) is 4.37. The van der Waals surface area contributed by atoms with Crippen molar-refractivity contribution >= 4 is 17.7 Å². The smallest absolute Gasteiger partial charge is 0.372 e. The summed E-state index contributed by atoms with van der Waals surface area (Å²) in [4.78, 5) is 32.5. The van der Waals surface area contributed by atoms with Gasteiger partial charge in [0.25, 0.3) is 0 Å². The van der Waals surface area contributed by atoms with Gasteiger partial charge in [-0.25, -0.2) is 4.79 Å². The molecule has 0 atom stereocenters. The van der Waals surface area contributed by atoms with Crippen LogP contribution in [0.2, 0.25) is 0 Å². The van der Waals surface area contributed by atoms with E-state index in [2.05, 4.69) is 0 Å². The van der Waals surface area contributed by atoms with Gasteiger partial charge in [0.1, 0.15) is 6.61 Å². The second-order valence-corrected chi connectivity index (χ2v) is 6.44. The molecule has 10 nitrogen and oxygen atoms in total. The quantitative estimate of drug-likeness (QED) is 0.164. The highest BCUT2D eigenvalue weighted by atomic mass is 16.6. The van der Waals surface area contributed by atoms with Crippen molar-refractivity contribution in [3.05, 3.63) is 35.9 Å². The summed E-state index contributed by atoms with van der Waals surface area (Å²) in [5.41, 5.74) is 1.13. The Morgan fingerprint density at radius 2 is 1.09 bits per heavy atom. The van der Waals surface area contributed by atoms with Crippen LogP contribution in [-0.2, 0) is 49.4 Å². The summed E-state index contributed by atoms with van der Waals surface area (Å²) < 4.78 is 31.7. The molecule has 0 spiro atoms. The van der Waals surface area contributed by atoms with Gasteiger partial charge in [-0.2, -0.15) is 0 Å². The van der Waals surface area contributed by atoms with Crippen molar-refractivity contribution in [1.82, 2.24) is 0 Å². The van der Waals surface area contributed by atoms with Crippen molar-refractivity contribution in [3.8, 4) is 0 Å². The minimum Gasteiger partial charge on any atom is -0.476 e.